The van der Waals surface area contributed by atoms with Crippen LogP contribution in [0.3, 0.4) is 0 Å². The third-order valence-corrected chi connectivity index (χ3v) is 17.7. The SMILES string of the molecule is Cc1cn(C[C@H]2CC(OP(=O)(O)OCCCO)[C@@H](CCCOP(=O)(O)OC3C[C@H](Cn4cc(C)c(=O)[nH]c4=O)O[C@@H]3CCCOP(=O)(O)OC3C[C@H](Cn4cc(C)c(=O)[nH]c4=O)O[C@@H]3CCOP(=O)(O)OCCCC(C)C)O2)c(=O)[nH]c1=O. The summed E-state index contributed by atoms with van der Waals surface area (Å²) < 4.78 is 117. The summed E-state index contributed by atoms with van der Waals surface area (Å²) in [5.41, 5.74) is -3.28. The number of aliphatic hydroxyl groups is 1. The topological polar surface area (TPSA) is 436 Å². The molecule has 0 amide bonds. The van der Waals surface area contributed by atoms with Gasteiger partial charge in [0.05, 0.1) is 108 Å². The van der Waals surface area contributed by atoms with Gasteiger partial charge in [0.1, 0.15) is 0 Å². The van der Waals surface area contributed by atoms with E-state index in [1.165, 1.54) is 53.1 Å². The quantitative estimate of drug-likeness (QED) is 0.0310. The molecule has 0 aromatic carbocycles. The Bertz CT molecular complexity index is 3200. The van der Waals surface area contributed by atoms with Gasteiger partial charge >= 0.3 is 48.4 Å². The number of H-pyrrole nitrogens is 3. The number of nitrogens with zero attached hydrogens (tertiary/aromatic N) is 3. The zero-order valence-corrected chi connectivity index (χ0v) is 50.2. The van der Waals surface area contributed by atoms with E-state index in [1.54, 1.807) is 0 Å². The van der Waals surface area contributed by atoms with Crippen molar-refractivity contribution >= 4 is 31.3 Å². The molecule has 83 heavy (non-hydrogen) atoms. The smallest absolute Gasteiger partial charge is 0.396 e. The largest absolute Gasteiger partial charge is 0.472 e. The number of phosphoric acid groups is 4. The third-order valence-electron chi connectivity index (χ3n) is 13.6. The van der Waals surface area contributed by atoms with Crippen molar-refractivity contribution in [1.82, 2.24) is 28.7 Å². The normalized spacial score (nSPS) is 25.8. The molecule has 7 unspecified atom stereocenters. The van der Waals surface area contributed by atoms with Crippen molar-refractivity contribution in [3.8, 4) is 0 Å². The van der Waals surface area contributed by atoms with Gasteiger partial charge in [-0.2, -0.15) is 0 Å². The lowest BCUT2D eigenvalue weighted by atomic mass is 10.1. The van der Waals surface area contributed by atoms with Gasteiger partial charge in [-0.25, -0.2) is 32.6 Å². The number of hydrogen-bond acceptors (Lipinski definition) is 22. The minimum absolute atomic E-state index is 0.0123. The summed E-state index contributed by atoms with van der Waals surface area (Å²) >= 11 is 0. The summed E-state index contributed by atoms with van der Waals surface area (Å²) in [7, 11) is -19.1. The first-order valence-corrected chi connectivity index (χ1v) is 33.1. The molecule has 32 nitrogen and oxygen atoms in total. The van der Waals surface area contributed by atoms with Crippen LogP contribution in [0.2, 0.25) is 0 Å². The lowest BCUT2D eigenvalue weighted by Gasteiger charge is -2.23. The van der Waals surface area contributed by atoms with Crippen LogP contribution in [0.15, 0.2) is 47.4 Å². The average molecular weight is 1270 g/mol. The maximum absolute atomic E-state index is 13.6. The Hall–Kier alpha value is -3.68. The molecule has 36 heteroatoms. The van der Waals surface area contributed by atoms with Gasteiger partial charge in [0.15, 0.2) is 0 Å². The highest BCUT2D eigenvalue weighted by Gasteiger charge is 2.44. The first-order valence-electron chi connectivity index (χ1n) is 27.1. The van der Waals surface area contributed by atoms with Crippen molar-refractivity contribution < 1.29 is 93.3 Å². The fraction of sp³-hybridized carbons (Fsp3) is 0.745. The van der Waals surface area contributed by atoms with E-state index < -0.39 is 140 Å². The second-order valence-corrected chi connectivity index (χ2v) is 26.6. The molecule has 3 aromatic heterocycles. The number of aromatic nitrogens is 6. The average Bonchev–Trinajstić information content (AvgIpc) is 4.18. The molecule has 0 aliphatic carbocycles. The standard InChI is InChI=1S/C47H76N6O26P4/c1-29(2)10-6-15-69-80(61,62)73-19-13-38-41(22-35(76-38)28-53-25-32(5)44(57)50-47(53)60)79-82(65,66)71-17-8-11-36-39(20-33(74-36)26-51-23-30(3)42(55)48-45(51)58)77-81(63,64)70-16-7-12-37-40(78-83(67,68)72-18-9-14-54)21-34(75-37)27-52-24-31(4)43(56)49-46(52)59/h23-25,29,33-41,54H,6-22,26-28H2,1-5H3,(H,61,62)(H,63,64)(H,65,66)(H,67,68)(H,48,55,58)(H,49,56,59)(H,50,57,60)/t33-,34-,35-,36-,37-,38-,39?,40?,41?/m1/s1. The Kier molecular flexibility index (Phi) is 25.4. The Morgan fingerprint density at radius 2 is 0.807 bits per heavy atom. The molecule has 6 rings (SSSR count). The monoisotopic (exact) mass is 1260 g/mol. The van der Waals surface area contributed by atoms with Crippen LogP contribution in [0.4, 0.5) is 0 Å². The van der Waals surface area contributed by atoms with Gasteiger partial charge in [0, 0.05) is 67.6 Å². The molecule has 13 atom stereocenters. The van der Waals surface area contributed by atoms with Gasteiger partial charge in [-0.3, -0.25) is 79.2 Å². The molecule has 0 saturated carbocycles. The molecular weight excluding hydrogens is 1190 g/mol. The lowest BCUT2D eigenvalue weighted by Crippen LogP contribution is -2.34. The van der Waals surface area contributed by atoms with Crippen LogP contribution < -0.4 is 33.7 Å². The van der Waals surface area contributed by atoms with E-state index in [0.29, 0.717) is 12.3 Å². The molecule has 0 bridgehead atoms. The number of hydrogen-bond donors (Lipinski definition) is 8. The number of ether oxygens (including phenoxy) is 3. The molecule has 3 aliphatic heterocycles. The molecule has 8 N–H and O–H groups in total. The second-order valence-electron chi connectivity index (χ2n) is 20.9. The molecular formula is C47H76N6O26P4. The third kappa shape index (κ3) is 21.9. The molecule has 3 fully saturated rings. The van der Waals surface area contributed by atoms with Crippen LogP contribution in [-0.2, 0) is 88.3 Å². The molecule has 0 spiro atoms. The van der Waals surface area contributed by atoms with E-state index in [1.807, 2.05) is 13.8 Å². The molecule has 0 radical (unpaired) electrons. The van der Waals surface area contributed by atoms with E-state index >= 15 is 0 Å². The second kappa shape index (κ2) is 30.8. The predicted octanol–water partition coefficient (Wildman–Crippen LogP) is 2.44. The van der Waals surface area contributed by atoms with E-state index in [2.05, 4.69) is 15.0 Å². The van der Waals surface area contributed by atoms with Crippen LogP contribution >= 0.6 is 31.3 Å². The number of aryl methyl sites for hydroxylation is 3. The Morgan fingerprint density at radius 3 is 1.16 bits per heavy atom. The lowest BCUT2D eigenvalue weighted by molar-refractivity contribution is -0.0147. The van der Waals surface area contributed by atoms with E-state index in [4.69, 9.17) is 55.5 Å². The highest BCUT2D eigenvalue weighted by Crippen LogP contribution is 2.51. The molecule has 3 aliphatic rings. The Labute approximate surface area is 475 Å². The minimum atomic E-state index is -4.95. The van der Waals surface area contributed by atoms with Gasteiger partial charge in [-0.1, -0.05) is 13.8 Å². The highest BCUT2D eigenvalue weighted by atomic mass is 31.2. The summed E-state index contributed by atoms with van der Waals surface area (Å²) in [6.45, 7) is 6.18. The maximum atomic E-state index is 13.6. The maximum Gasteiger partial charge on any atom is 0.472 e. The molecule has 6 heterocycles. The van der Waals surface area contributed by atoms with Crippen molar-refractivity contribution in [1.29, 1.82) is 0 Å². The Morgan fingerprint density at radius 1 is 0.494 bits per heavy atom. The van der Waals surface area contributed by atoms with Crippen LogP contribution in [0.25, 0.3) is 0 Å². The van der Waals surface area contributed by atoms with Gasteiger partial charge < -0.3 is 38.9 Å². The summed E-state index contributed by atoms with van der Waals surface area (Å²) in [4.78, 5) is 123. The van der Waals surface area contributed by atoms with Crippen molar-refractivity contribution in [2.75, 3.05) is 39.6 Å². The van der Waals surface area contributed by atoms with Gasteiger partial charge in [0.2, 0.25) is 0 Å². The first kappa shape index (κ1) is 68.4. The fourth-order valence-electron chi connectivity index (χ4n) is 9.54. The number of aromatic amines is 3. The first-order chi connectivity index (χ1) is 39.0. The summed E-state index contributed by atoms with van der Waals surface area (Å²) in [6, 6.07) is 0. The molecule has 3 saturated heterocycles. The van der Waals surface area contributed by atoms with Crippen molar-refractivity contribution in [2.24, 2.45) is 5.92 Å². The summed E-state index contributed by atoms with van der Waals surface area (Å²) in [6.07, 6.45) is -4.05. The van der Waals surface area contributed by atoms with E-state index in [-0.39, 0.29) is 114 Å². The van der Waals surface area contributed by atoms with Gasteiger partial charge in [-0.05, 0) is 71.6 Å². The Balaban J connectivity index is 1.07. The molecule has 3 aromatic rings. The number of phosphoric ester groups is 4. The fourth-order valence-corrected chi connectivity index (χ4v) is 13.3. The number of aliphatic hydroxyl groups excluding tert-OH is 1. The van der Waals surface area contributed by atoms with Gasteiger partial charge in [-0.15, -0.1) is 0 Å². The van der Waals surface area contributed by atoms with Crippen LogP contribution in [0.5, 0.6) is 0 Å². The summed E-state index contributed by atoms with van der Waals surface area (Å²) in [5.74, 6) is 0.341. The summed E-state index contributed by atoms with van der Waals surface area (Å²) in [5, 5.41) is 9.10. The zero-order valence-electron chi connectivity index (χ0n) is 46.6. The van der Waals surface area contributed by atoms with E-state index in [0.717, 1.165) is 6.42 Å². The predicted molar refractivity (Wildman–Crippen MR) is 291 cm³/mol. The van der Waals surface area contributed by atoms with Crippen molar-refractivity contribution in [3.63, 3.8) is 0 Å². The van der Waals surface area contributed by atoms with Crippen LogP contribution in [-0.4, -0.2) is 148 Å². The zero-order chi connectivity index (χ0) is 60.9. The van der Waals surface area contributed by atoms with Gasteiger partial charge in [0.25, 0.3) is 16.7 Å². The minimum Gasteiger partial charge on any atom is -0.396 e. The van der Waals surface area contributed by atoms with E-state index in [9.17, 15) is 66.6 Å². The van der Waals surface area contributed by atoms with Crippen molar-refractivity contribution in [3.05, 3.63) is 97.8 Å². The van der Waals surface area contributed by atoms with Crippen LogP contribution in [0.1, 0.15) is 101 Å². The number of nitrogens with one attached hydrogen (secondary N) is 3. The highest BCUT2D eigenvalue weighted by molar-refractivity contribution is 7.48. The number of rotatable bonds is 35. The van der Waals surface area contributed by atoms with Crippen LogP contribution in [0, 0.1) is 26.7 Å². The molecule has 470 valence electrons. The van der Waals surface area contributed by atoms with Crippen molar-refractivity contribution in [2.45, 2.75) is 180 Å².